The number of rotatable bonds is 71. The van der Waals surface area contributed by atoms with Crippen LogP contribution in [-0.4, -0.2) is 69.4 Å². The lowest BCUT2D eigenvalue weighted by molar-refractivity contribution is -0.870. The number of phosphoric acid groups is 1. The average Bonchev–Trinajstić information content (AvgIpc) is 3.63. The van der Waals surface area contributed by atoms with E-state index in [1.807, 2.05) is 33.3 Å². The van der Waals surface area contributed by atoms with Crippen LogP contribution in [0, 0.1) is 0 Å². The van der Waals surface area contributed by atoms with Gasteiger partial charge in [-0.15, -0.1) is 0 Å². The van der Waals surface area contributed by atoms with E-state index in [2.05, 4.69) is 74.7 Å². The van der Waals surface area contributed by atoms with Crippen molar-refractivity contribution in [2.24, 2.45) is 0 Å². The van der Waals surface area contributed by atoms with Gasteiger partial charge in [-0.3, -0.25) is 14.2 Å². The second-order valence-corrected chi connectivity index (χ2v) is 28.9. The van der Waals surface area contributed by atoms with Crippen LogP contribution in [0.5, 0.6) is 0 Å². The number of likely N-dealkylation sites (N-methyl/N-ethyl adjacent to an activating group) is 1. The summed E-state index contributed by atoms with van der Waals surface area (Å²) < 4.78 is 30.5. The summed E-state index contributed by atoms with van der Waals surface area (Å²) in [6.07, 6.45) is 89.2. The molecule has 0 spiro atoms. The Morgan fingerprint density at radius 3 is 1.06 bits per heavy atom. The number of allylic oxidation sites excluding steroid dienone is 9. The lowest BCUT2D eigenvalue weighted by atomic mass is 10.0. The van der Waals surface area contributed by atoms with E-state index in [9.17, 15) is 19.0 Å². The standard InChI is InChI=1S/C79H149N2O7P/c1-7-10-13-16-19-22-25-28-30-32-34-36-38-39-40-41-43-45-47-49-51-54-57-60-63-66-69-72-79(83)88-77(70-67-64-61-58-55-52-27-24-21-18-15-12-9-3)76(75-87-89(84,85)86-74-73-81(4,5)6)80-78(82)71-68-65-62-59-56-53-50-48-46-44-42-37-35-33-31-29-26-23-20-17-14-11-8-2/h19,22,28-31,34,36,67,70,76-77H,7-18,20-21,23-27,32-33,35,37-66,68-69,71-75H2,1-6H3,(H-,80,82,84,85)/b22-19-,30-28-,31-29+,36-34-,70-67+. The molecule has 9 nitrogen and oxygen atoms in total. The van der Waals surface area contributed by atoms with Gasteiger partial charge in [0.15, 0.2) is 0 Å². The molecule has 0 aliphatic rings. The number of nitrogens with one attached hydrogen (secondary N) is 1. The Kier molecular flexibility index (Phi) is 66.8. The quantitative estimate of drug-likeness (QED) is 0.0212. The molecule has 3 unspecified atom stereocenters. The summed E-state index contributed by atoms with van der Waals surface area (Å²) >= 11 is 0. The minimum atomic E-state index is -4.71. The fourth-order valence-electron chi connectivity index (χ4n) is 11.5. The zero-order valence-corrected chi connectivity index (χ0v) is 60.8. The highest BCUT2D eigenvalue weighted by Crippen LogP contribution is 2.38. The maximum atomic E-state index is 13.6. The summed E-state index contributed by atoms with van der Waals surface area (Å²) in [7, 11) is 1.20. The number of esters is 1. The van der Waals surface area contributed by atoms with Gasteiger partial charge in [0.25, 0.3) is 7.82 Å². The third kappa shape index (κ3) is 69.9. The minimum absolute atomic E-state index is 0.0213. The van der Waals surface area contributed by atoms with Crippen LogP contribution in [0.2, 0.25) is 0 Å². The van der Waals surface area contributed by atoms with Crippen LogP contribution < -0.4 is 10.2 Å². The summed E-state index contributed by atoms with van der Waals surface area (Å²) in [5.41, 5.74) is 0. The number of phosphoric ester groups is 1. The Balaban J connectivity index is 4.99. The molecule has 0 aromatic carbocycles. The molecular weight excluding hydrogens is 1120 g/mol. The van der Waals surface area contributed by atoms with Crippen LogP contribution in [-0.2, 0) is 27.9 Å². The maximum absolute atomic E-state index is 13.6. The second kappa shape index (κ2) is 68.6. The molecule has 3 atom stereocenters. The van der Waals surface area contributed by atoms with Gasteiger partial charge in [0.2, 0.25) is 5.91 Å². The Morgan fingerprint density at radius 1 is 0.393 bits per heavy atom. The third-order valence-electron chi connectivity index (χ3n) is 17.4. The van der Waals surface area contributed by atoms with Gasteiger partial charge in [0, 0.05) is 12.8 Å². The van der Waals surface area contributed by atoms with E-state index in [1.165, 1.54) is 276 Å². The van der Waals surface area contributed by atoms with E-state index < -0.39 is 20.0 Å². The maximum Gasteiger partial charge on any atom is 0.306 e. The van der Waals surface area contributed by atoms with Crippen LogP contribution in [0.3, 0.4) is 0 Å². The first-order chi connectivity index (χ1) is 43.4. The molecule has 89 heavy (non-hydrogen) atoms. The smallest absolute Gasteiger partial charge is 0.306 e. The molecule has 0 aromatic heterocycles. The fourth-order valence-corrected chi connectivity index (χ4v) is 12.2. The average molecular weight is 1270 g/mol. The van der Waals surface area contributed by atoms with Gasteiger partial charge < -0.3 is 28.5 Å². The predicted molar refractivity (Wildman–Crippen MR) is 385 cm³/mol. The highest BCUT2D eigenvalue weighted by molar-refractivity contribution is 7.45. The van der Waals surface area contributed by atoms with Gasteiger partial charge in [-0.2, -0.15) is 0 Å². The van der Waals surface area contributed by atoms with Crippen LogP contribution in [0.1, 0.15) is 380 Å². The van der Waals surface area contributed by atoms with Crippen LogP contribution in [0.15, 0.2) is 60.8 Å². The molecule has 0 aliphatic heterocycles. The third-order valence-corrected chi connectivity index (χ3v) is 18.4. The van der Waals surface area contributed by atoms with Gasteiger partial charge in [-0.1, -0.05) is 332 Å². The number of amides is 1. The summed E-state index contributed by atoms with van der Waals surface area (Å²) in [5.74, 6) is -0.524. The molecule has 0 heterocycles. The number of ether oxygens (including phenoxy) is 1. The van der Waals surface area contributed by atoms with Crippen molar-refractivity contribution >= 4 is 19.7 Å². The van der Waals surface area contributed by atoms with Crippen molar-refractivity contribution in [1.82, 2.24) is 5.32 Å². The molecule has 0 aliphatic carbocycles. The SMILES string of the molecule is CCCCC/C=C\C/C=C\C/C=C\CCCCCCCCCCCCCCCCC(=O)OC(/C=C/CCCCCCCCCCCCC)C(COP(=O)([O-])OCC[N+](C)(C)C)NC(=O)CCCCCCCCCCCCCCC/C=C/CCCCCCCC. The number of nitrogens with zero attached hydrogens (tertiary/aromatic N) is 1. The Bertz CT molecular complexity index is 1700. The second-order valence-electron chi connectivity index (χ2n) is 27.5. The first-order valence-electron chi connectivity index (χ1n) is 38.6. The molecule has 0 bridgehead atoms. The summed E-state index contributed by atoms with van der Waals surface area (Å²) in [4.78, 5) is 40.3. The lowest BCUT2D eigenvalue weighted by Gasteiger charge is -2.30. The van der Waals surface area contributed by atoms with E-state index in [-0.39, 0.29) is 31.5 Å². The van der Waals surface area contributed by atoms with Gasteiger partial charge >= 0.3 is 5.97 Å². The molecule has 10 heteroatoms. The fraction of sp³-hybridized carbons (Fsp3) is 0.848. The van der Waals surface area contributed by atoms with Gasteiger partial charge in [0.1, 0.15) is 19.3 Å². The minimum Gasteiger partial charge on any atom is -0.756 e. The number of carbonyl (C=O) groups excluding carboxylic acids is 2. The van der Waals surface area contributed by atoms with Crippen molar-refractivity contribution in [3.05, 3.63) is 60.8 Å². The zero-order chi connectivity index (χ0) is 64.9. The molecule has 0 radical (unpaired) electrons. The van der Waals surface area contributed by atoms with E-state index in [0.717, 1.165) is 70.6 Å². The molecule has 522 valence electrons. The lowest BCUT2D eigenvalue weighted by Crippen LogP contribution is -2.47. The Hall–Kier alpha value is -2.29. The van der Waals surface area contributed by atoms with E-state index in [0.29, 0.717) is 17.4 Å². The number of unbranched alkanes of at least 4 members (excludes halogenated alkanes) is 47. The molecule has 0 aromatic rings. The number of hydrogen-bond donors (Lipinski definition) is 1. The number of carbonyl (C=O) groups is 2. The molecular formula is C79H149N2O7P. The van der Waals surface area contributed by atoms with Crippen molar-refractivity contribution in [3.63, 3.8) is 0 Å². The molecule has 0 fully saturated rings. The van der Waals surface area contributed by atoms with Crippen LogP contribution in [0.4, 0.5) is 0 Å². The number of quaternary nitrogens is 1. The van der Waals surface area contributed by atoms with Gasteiger partial charge in [0.05, 0.1) is 33.8 Å². The zero-order valence-electron chi connectivity index (χ0n) is 59.9. The molecule has 0 saturated heterocycles. The topological polar surface area (TPSA) is 114 Å². The van der Waals surface area contributed by atoms with Gasteiger partial charge in [-0.25, -0.2) is 0 Å². The van der Waals surface area contributed by atoms with Crippen LogP contribution >= 0.6 is 7.82 Å². The first-order valence-corrected chi connectivity index (χ1v) is 40.1. The first kappa shape index (κ1) is 86.7. The normalized spacial score (nSPS) is 13.7. The molecule has 1 N–H and O–H groups in total. The highest BCUT2D eigenvalue weighted by atomic mass is 31.2. The Labute approximate surface area is 553 Å². The van der Waals surface area contributed by atoms with Crippen molar-refractivity contribution in [2.45, 2.75) is 392 Å². The summed E-state index contributed by atoms with van der Waals surface area (Å²) in [6.45, 7) is 6.87. The van der Waals surface area contributed by atoms with Crippen molar-refractivity contribution in [2.75, 3.05) is 40.9 Å². The Morgan fingerprint density at radius 2 is 0.685 bits per heavy atom. The number of hydrogen-bond acceptors (Lipinski definition) is 7. The van der Waals surface area contributed by atoms with Crippen molar-refractivity contribution in [1.29, 1.82) is 0 Å². The van der Waals surface area contributed by atoms with E-state index >= 15 is 0 Å². The van der Waals surface area contributed by atoms with E-state index in [1.54, 1.807) is 0 Å². The molecule has 0 saturated carbocycles. The predicted octanol–water partition coefficient (Wildman–Crippen LogP) is 24.3. The van der Waals surface area contributed by atoms with Crippen molar-refractivity contribution in [3.8, 4) is 0 Å². The monoisotopic (exact) mass is 1270 g/mol. The summed E-state index contributed by atoms with van der Waals surface area (Å²) in [6, 6.07) is -0.890. The van der Waals surface area contributed by atoms with Gasteiger partial charge in [-0.05, 0) is 96.0 Å². The van der Waals surface area contributed by atoms with E-state index in [4.69, 9.17) is 13.8 Å². The molecule has 1 amide bonds. The summed E-state index contributed by atoms with van der Waals surface area (Å²) in [5, 5.41) is 3.06. The molecule has 0 rings (SSSR count). The largest absolute Gasteiger partial charge is 0.756 e. The highest BCUT2D eigenvalue weighted by Gasteiger charge is 2.27. The van der Waals surface area contributed by atoms with Crippen LogP contribution in [0.25, 0.3) is 0 Å². The van der Waals surface area contributed by atoms with Crippen molar-refractivity contribution < 1.29 is 37.3 Å².